The van der Waals surface area contributed by atoms with Crippen molar-refractivity contribution < 1.29 is 14.7 Å². The Balaban J connectivity index is 1.49. The number of imide groups is 1. The van der Waals surface area contributed by atoms with Crippen molar-refractivity contribution in [3.05, 3.63) is 60.2 Å². The second kappa shape index (κ2) is 5.19. The van der Waals surface area contributed by atoms with E-state index in [1.807, 2.05) is 18.2 Å². The van der Waals surface area contributed by atoms with Crippen molar-refractivity contribution in [3.63, 3.8) is 0 Å². The van der Waals surface area contributed by atoms with Crippen molar-refractivity contribution in [1.82, 2.24) is 0 Å². The molecular weight excluding hydrogens is 314 g/mol. The molecule has 3 fully saturated rings. The molecule has 0 radical (unpaired) electrons. The van der Waals surface area contributed by atoms with Gasteiger partial charge in [-0.2, -0.15) is 0 Å². The first-order chi connectivity index (χ1) is 12.1. The number of hydrogen-bond acceptors (Lipinski definition) is 3. The molecular formula is C21H19NO3. The summed E-state index contributed by atoms with van der Waals surface area (Å²) in [4.78, 5) is 27.4. The largest absolute Gasteiger partial charge is 0.508 e. The minimum Gasteiger partial charge on any atom is -0.508 e. The van der Waals surface area contributed by atoms with Gasteiger partial charge in [0.1, 0.15) is 5.75 Å². The van der Waals surface area contributed by atoms with Gasteiger partial charge in [-0.25, -0.2) is 0 Å². The van der Waals surface area contributed by atoms with Crippen molar-refractivity contribution in [3.8, 4) is 5.75 Å². The van der Waals surface area contributed by atoms with Crippen LogP contribution < -0.4 is 4.90 Å². The predicted molar refractivity (Wildman–Crippen MR) is 93.0 cm³/mol. The molecule has 4 heteroatoms. The van der Waals surface area contributed by atoms with Gasteiger partial charge in [-0.15, -0.1) is 0 Å². The van der Waals surface area contributed by atoms with Gasteiger partial charge in [0.15, 0.2) is 0 Å². The first kappa shape index (κ1) is 14.7. The number of phenolic OH excluding ortho intramolecular Hbond substituents is 1. The van der Waals surface area contributed by atoms with Gasteiger partial charge < -0.3 is 5.11 Å². The maximum atomic E-state index is 13.1. The lowest BCUT2D eigenvalue weighted by Gasteiger charge is -2.28. The van der Waals surface area contributed by atoms with Crippen molar-refractivity contribution in [2.75, 3.05) is 4.90 Å². The monoisotopic (exact) mass is 333 g/mol. The van der Waals surface area contributed by atoms with Crippen LogP contribution in [0.2, 0.25) is 0 Å². The molecule has 25 heavy (non-hydrogen) atoms. The fourth-order valence-corrected chi connectivity index (χ4v) is 5.40. The predicted octanol–water partition coefficient (Wildman–Crippen LogP) is 3.32. The quantitative estimate of drug-likeness (QED) is 0.858. The van der Waals surface area contributed by atoms with E-state index in [4.69, 9.17) is 0 Å². The Kier molecular flexibility index (Phi) is 3.05. The third-order valence-electron chi connectivity index (χ3n) is 6.35. The van der Waals surface area contributed by atoms with E-state index in [9.17, 15) is 14.7 Å². The standard InChI is InChI=1S/C21H19NO3/c23-15-8-6-14(7-9-15)22-20(24)18-13-10-16(12-4-2-1-3-5-12)17(11-13)19(18)21(22)25/h1-9,13,16-19,23H,10-11H2. The minimum atomic E-state index is -0.190. The Bertz CT molecular complexity index is 845. The lowest BCUT2D eigenvalue weighted by molar-refractivity contribution is -0.123. The number of fused-ring (bicyclic) bond motifs is 5. The fourth-order valence-electron chi connectivity index (χ4n) is 5.40. The van der Waals surface area contributed by atoms with Gasteiger partial charge >= 0.3 is 0 Å². The number of phenols is 1. The Morgan fingerprint density at radius 3 is 2.24 bits per heavy atom. The number of aromatic hydroxyl groups is 1. The summed E-state index contributed by atoms with van der Waals surface area (Å²) in [7, 11) is 0. The molecule has 2 amide bonds. The highest BCUT2D eigenvalue weighted by Crippen LogP contribution is 2.61. The summed E-state index contributed by atoms with van der Waals surface area (Å²) in [5.41, 5.74) is 1.86. The molecule has 3 aliphatic rings. The normalized spacial score (nSPS) is 33.1. The molecule has 1 heterocycles. The number of anilines is 1. The Morgan fingerprint density at radius 1 is 0.840 bits per heavy atom. The van der Waals surface area contributed by atoms with Gasteiger partial charge in [0.2, 0.25) is 11.8 Å². The van der Waals surface area contributed by atoms with E-state index in [0.717, 1.165) is 12.8 Å². The van der Waals surface area contributed by atoms with Crippen LogP contribution in [-0.4, -0.2) is 16.9 Å². The number of nitrogens with zero attached hydrogens (tertiary/aromatic N) is 1. The summed E-state index contributed by atoms with van der Waals surface area (Å²) in [6, 6.07) is 16.7. The molecule has 1 saturated heterocycles. The third-order valence-corrected chi connectivity index (χ3v) is 6.35. The van der Waals surface area contributed by atoms with E-state index < -0.39 is 0 Å². The zero-order valence-electron chi connectivity index (χ0n) is 13.7. The van der Waals surface area contributed by atoms with Gasteiger partial charge in [-0.1, -0.05) is 30.3 Å². The summed E-state index contributed by atoms with van der Waals surface area (Å²) in [5, 5.41) is 9.46. The van der Waals surface area contributed by atoms with Crippen LogP contribution in [0.25, 0.3) is 0 Å². The average Bonchev–Trinajstić information content (AvgIpc) is 3.29. The maximum absolute atomic E-state index is 13.1. The third kappa shape index (κ3) is 2.00. The second-order valence-electron chi connectivity index (χ2n) is 7.49. The topological polar surface area (TPSA) is 57.6 Å². The Morgan fingerprint density at radius 2 is 1.52 bits per heavy atom. The number of hydrogen-bond donors (Lipinski definition) is 1. The summed E-state index contributed by atoms with van der Waals surface area (Å²) in [5.74, 6) is 0.607. The van der Waals surface area contributed by atoms with Crippen LogP contribution in [0.5, 0.6) is 5.75 Å². The number of carbonyl (C=O) groups excluding carboxylic acids is 2. The molecule has 1 aliphatic heterocycles. The molecule has 2 aromatic rings. The van der Waals surface area contributed by atoms with E-state index in [2.05, 4.69) is 12.1 Å². The molecule has 2 saturated carbocycles. The fraction of sp³-hybridized carbons (Fsp3) is 0.333. The lowest BCUT2D eigenvalue weighted by atomic mass is 9.73. The number of rotatable bonds is 2. The summed E-state index contributed by atoms with van der Waals surface area (Å²) in [6.45, 7) is 0. The minimum absolute atomic E-state index is 0.0558. The van der Waals surface area contributed by atoms with Crippen molar-refractivity contribution in [2.24, 2.45) is 23.7 Å². The highest BCUT2D eigenvalue weighted by molar-refractivity contribution is 6.22. The molecule has 2 aliphatic carbocycles. The summed E-state index contributed by atoms with van der Waals surface area (Å²) >= 11 is 0. The molecule has 5 unspecified atom stereocenters. The van der Waals surface area contributed by atoms with Crippen molar-refractivity contribution in [1.29, 1.82) is 0 Å². The van der Waals surface area contributed by atoms with Crippen LogP contribution in [-0.2, 0) is 9.59 Å². The zero-order chi connectivity index (χ0) is 17.1. The van der Waals surface area contributed by atoms with Gasteiger partial charge in [-0.05, 0) is 60.4 Å². The first-order valence-electron chi connectivity index (χ1n) is 8.87. The second-order valence-corrected chi connectivity index (χ2v) is 7.49. The molecule has 5 rings (SSSR count). The van der Waals surface area contributed by atoms with Gasteiger partial charge in [0.05, 0.1) is 17.5 Å². The Labute approximate surface area is 146 Å². The lowest BCUT2D eigenvalue weighted by Crippen LogP contribution is -2.32. The number of benzene rings is 2. The van der Waals surface area contributed by atoms with Crippen LogP contribution in [0.4, 0.5) is 5.69 Å². The van der Waals surface area contributed by atoms with E-state index in [1.54, 1.807) is 12.1 Å². The van der Waals surface area contributed by atoms with E-state index in [0.29, 0.717) is 17.5 Å². The molecule has 0 spiro atoms. The highest BCUT2D eigenvalue weighted by Gasteiger charge is 2.64. The molecule has 5 atom stereocenters. The van der Waals surface area contributed by atoms with Crippen LogP contribution in [0.1, 0.15) is 24.3 Å². The van der Waals surface area contributed by atoms with Gasteiger partial charge in [0.25, 0.3) is 0 Å². The van der Waals surface area contributed by atoms with Crippen LogP contribution in [0.15, 0.2) is 54.6 Å². The molecule has 126 valence electrons. The van der Waals surface area contributed by atoms with Crippen LogP contribution >= 0.6 is 0 Å². The van der Waals surface area contributed by atoms with E-state index >= 15 is 0 Å². The summed E-state index contributed by atoms with van der Waals surface area (Å²) < 4.78 is 0. The molecule has 4 nitrogen and oxygen atoms in total. The van der Waals surface area contributed by atoms with Crippen molar-refractivity contribution >= 4 is 17.5 Å². The van der Waals surface area contributed by atoms with Gasteiger partial charge in [0, 0.05) is 0 Å². The zero-order valence-corrected chi connectivity index (χ0v) is 13.7. The van der Waals surface area contributed by atoms with Crippen molar-refractivity contribution in [2.45, 2.75) is 18.8 Å². The smallest absolute Gasteiger partial charge is 0.237 e. The molecule has 2 bridgehead atoms. The molecule has 1 N–H and O–H groups in total. The average molecular weight is 333 g/mol. The molecule has 2 aromatic carbocycles. The van der Waals surface area contributed by atoms with Crippen LogP contribution in [0.3, 0.4) is 0 Å². The number of amides is 2. The first-order valence-corrected chi connectivity index (χ1v) is 8.87. The highest BCUT2D eigenvalue weighted by atomic mass is 16.3. The Hall–Kier alpha value is -2.62. The van der Waals surface area contributed by atoms with E-state index in [-0.39, 0.29) is 35.3 Å². The van der Waals surface area contributed by atoms with Gasteiger partial charge in [-0.3, -0.25) is 14.5 Å². The van der Waals surface area contributed by atoms with Crippen LogP contribution in [0, 0.1) is 23.7 Å². The maximum Gasteiger partial charge on any atom is 0.237 e. The summed E-state index contributed by atoms with van der Waals surface area (Å²) in [6.07, 6.45) is 1.98. The SMILES string of the molecule is O=C1C2C3CC(c4ccccc4)C(C3)C2C(=O)N1c1ccc(O)cc1. The van der Waals surface area contributed by atoms with E-state index in [1.165, 1.54) is 22.6 Å². The molecule has 0 aromatic heterocycles. The number of carbonyl (C=O) groups is 2.